The Kier molecular flexibility index (Phi) is 3.36. The maximum absolute atomic E-state index is 13.0. The van der Waals surface area contributed by atoms with Crippen LogP contribution in [0.5, 0.6) is 0 Å². The van der Waals surface area contributed by atoms with E-state index in [1.165, 1.54) is 44.1 Å². The van der Waals surface area contributed by atoms with E-state index in [2.05, 4.69) is 22.3 Å². The second kappa shape index (κ2) is 5.36. The number of nitrogens with zero attached hydrogens (tertiary/aromatic N) is 1. The average Bonchev–Trinajstić information content (AvgIpc) is 3.01. The Bertz CT molecular complexity index is 552. The first kappa shape index (κ1) is 13.2. The topological polar surface area (TPSA) is 32.3 Å². The summed E-state index contributed by atoms with van der Waals surface area (Å²) in [4.78, 5) is 15.1. The molecule has 3 aliphatic rings. The van der Waals surface area contributed by atoms with Gasteiger partial charge in [0.05, 0.1) is 0 Å². The van der Waals surface area contributed by atoms with Crippen molar-refractivity contribution in [2.24, 2.45) is 5.92 Å². The number of amides is 1. The van der Waals surface area contributed by atoms with Crippen LogP contribution in [0, 0.1) is 5.92 Å². The van der Waals surface area contributed by atoms with Crippen LogP contribution in [-0.2, 0) is 6.42 Å². The van der Waals surface area contributed by atoms with Crippen LogP contribution in [0.15, 0.2) is 18.2 Å². The van der Waals surface area contributed by atoms with Gasteiger partial charge < -0.3 is 10.2 Å². The van der Waals surface area contributed by atoms with Crippen molar-refractivity contribution >= 4 is 11.6 Å². The van der Waals surface area contributed by atoms with E-state index in [-0.39, 0.29) is 5.91 Å². The van der Waals surface area contributed by atoms with Crippen LogP contribution in [0.25, 0.3) is 0 Å². The van der Waals surface area contributed by atoms with E-state index in [4.69, 9.17) is 0 Å². The van der Waals surface area contributed by atoms with Crippen molar-refractivity contribution in [1.82, 2.24) is 4.90 Å². The number of piperidine rings is 1. The van der Waals surface area contributed by atoms with Crippen molar-refractivity contribution in [1.29, 1.82) is 0 Å². The molecule has 1 aromatic rings. The number of likely N-dealkylation sites (tertiary alicyclic amines) is 1. The van der Waals surface area contributed by atoms with E-state index >= 15 is 0 Å². The number of benzene rings is 1. The lowest BCUT2D eigenvalue weighted by Crippen LogP contribution is -2.49. The summed E-state index contributed by atoms with van der Waals surface area (Å²) in [6.45, 7) is 1.95. The molecule has 3 heteroatoms. The van der Waals surface area contributed by atoms with Gasteiger partial charge in [0.15, 0.2) is 0 Å². The minimum absolute atomic E-state index is 0.253. The Labute approximate surface area is 126 Å². The van der Waals surface area contributed by atoms with Gasteiger partial charge in [-0.3, -0.25) is 4.79 Å². The van der Waals surface area contributed by atoms with E-state index in [9.17, 15) is 4.79 Å². The zero-order valence-electron chi connectivity index (χ0n) is 12.6. The third kappa shape index (κ3) is 2.33. The molecule has 0 aromatic heterocycles. The molecule has 2 heterocycles. The summed E-state index contributed by atoms with van der Waals surface area (Å²) in [5.74, 6) is 1.01. The van der Waals surface area contributed by atoms with Crippen molar-refractivity contribution in [3.8, 4) is 0 Å². The highest BCUT2D eigenvalue weighted by Crippen LogP contribution is 2.36. The average molecular weight is 284 g/mol. The lowest BCUT2D eigenvalue weighted by Gasteiger charge is -2.44. The van der Waals surface area contributed by atoms with Crippen molar-refractivity contribution < 1.29 is 4.79 Å². The van der Waals surface area contributed by atoms with Gasteiger partial charge in [0.2, 0.25) is 0 Å². The van der Waals surface area contributed by atoms with Gasteiger partial charge in [-0.15, -0.1) is 0 Å². The fourth-order valence-corrected chi connectivity index (χ4v) is 4.47. The molecule has 0 bridgehead atoms. The zero-order valence-corrected chi connectivity index (χ0v) is 12.6. The zero-order chi connectivity index (χ0) is 14.2. The van der Waals surface area contributed by atoms with Crippen LogP contribution in [0.1, 0.15) is 54.4 Å². The number of carbonyl (C=O) groups is 1. The number of nitrogens with one attached hydrogen (secondary N) is 1. The largest absolute Gasteiger partial charge is 0.384 e. The minimum atomic E-state index is 0.253. The molecule has 21 heavy (non-hydrogen) atoms. The van der Waals surface area contributed by atoms with Crippen LogP contribution in [0.3, 0.4) is 0 Å². The van der Waals surface area contributed by atoms with E-state index in [0.717, 1.165) is 36.7 Å². The van der Waals surface area contributed by atoms with Gasteiger partial charge in [-0.2, -0.15) is 0 Å². The van der Waals surface area contributed by atoms with Crippen molar-refractivity contribution in [2.75, 3.05) is 18.4 Å². The molecule has 1 saturated heterocycles. The second-order valence-electron chi connectivity index (χ2n) is 6.80. The van der Waals surface area contributed by atoms with E-state index < -0.39 is 0 Å². The van der Waals surface area contributed by atoms with Gasteiger partial charge >= 0.3 is 0 Å². The van der Waals surface area contributed by atoms with Crippen LogP contribution in [0.4, 0.5) is 5.69 Å². The Morgan fingerprint density at radius 2 is 2.00 bits per heavy atom. The molecule has 0 radical (unpaired) electrons. The quantitative estimate of drug-likeness (QED) is 0.856. The van der Waals surface area contributed by atoms with Crippen molar-refractivity contribution in [2.45, 2.75) is 51.0 Å². The lowest BCUT2D eigenvalue weighted by atomic mass is 9.78. The molecular formula is C18H24N2O. The molecule has 4 rings (SSSR count). The smallest absolute Gasteiger partial charge is 0.254 e. The first-order valence-electron chi connectivity index (χ1n) is 8.51. The number of anilines is 1. The van der Waals surface area contributed by atoms with Crippen LogP contribution >= 0.6 is 0 Å². The Morgan fingerprint density at radius 1 is 1.14 bits per heavy atom. The molecule has 1 amide bonds. The van der Waals surface area contributed by atoms with Crippen molar-refractivity contribution in [3.63, 3.8) is 0 Å². The predicted molar refractivity (Wildman–Crippen MR) is 84.7 cm³/mol. The molecule has 2 fully saturated rings. The standard InChI is InChI=1S/C18H24N2O/c21-18(15-8-7-13-9-10-19-16(13)12-15)20-11-3-5-14-4-1-2-6-17(14)20/h7-8,12,14,17,19H,1-6,9-11H2/t14-,17-/m1/s1. The highest BCUT2D eigenvalue weighted by Gasteiger charge is 2.36. The molecule has 0 unspecified atom stereocenters. The Hall–Kier alpha value is -1.51. The third-order valence-electron chi connectivity index (χ3n) is 5.57. The highest BCUT2D eigenvalue weighted by molar-refractivity contribution is 5.95. The van der Waals surface area contributed by atoms with Crippen molar-refractivity contribution in [3.05, 3.63) is 29.3 Å². The molecule has 1 aromatic carbocycles. The van der Waals surface area contributed by atoms with Crippen LogP contribution in [-0.4, -0.2) is 29.9 Å². The first-order chi connectivity index (χ1) is 10.3. The van der Waals surface area contributed by atoms with Gasteiger partial charge in [-0.1, -0.05) is 18.9 Å². The lowest BCUT2D eigenvalue weighted by molar-refractivity contribution is 0.0391. The van der Waals surface area contributed by atoms with Gasteiger partial charge in [0.1, 0.15) is 0 Å². The normalized spacial score (nSPS) is 27.7. The van der Waals surface area contributed by atoms with Crippen LogP contribution < -0.4 is 5.32 Å². The fraction of sp³-hybridized carbons (Fsp3) is 0.611. The van der Waals surface area contributed by atoms with E-state index in [1.807, 2.05) is 6.07 Å². The summed E-state index contributed by atoms with van der Waals surface area (Å²) in [5.41, 5.74) is 3.38. The summed E-state index contributed by atoms with van der Waals surface area (Å²) >= 11 is 0. The second-order valence-corrected chi connectivity index (χ2v) is 6.80. The molecule has 2 atom stereocenters. The van der Waals surface area contributed by atoms with Gasteiger partial charge in [0.25, 0.3) is 5.91 Å². The SMILES string of the molecule is O=C(c1ccc2c(c1)NCC2)N1CCC[C@H]2CCCC[C@H]21. The molecular weight excluding hydrogens is 260 g/mol. The Morgan fingerprint density at radius 3 is 2.95 bits per heavy atom. The maximum atomic E-state index is 13.0. The molecule has 1 saturated carbocycles. The summed E-state index contributed by atoms with van der Waals surface area (Å²) in [6.07, 6.45) is 8.75. The summed E-state index contributed by atoms with van der Waals surface area (Å²) in [5, 5.41) is 3.38. The third-order valence-corrected chi connectivity index (χ3v) is 5.57. The first-order valence-corrected chi connectivity index (χ1v) is 8.51. The van der Waals surface area contributed by atoms with Gasteiger partial charge in [0, 0.05) is 30.4 Å². The summed E-state index contributed by atoms with van der Waals surface area (Å²) in [6, 6.07) is 6.73. The predicted octanol–water partition coefficient (Wildman–Crippen LogP) is 3.45. The number of hydrogen-bond acceptors (Lipinski definition) is 2. The molecule has 3 nitrogen and oxygen atoms in total. The number of hydrogen-bond donors (Lipinski definition) is 1. The number of fused-ring (bicyclic) bond motifs is 2. The van der Waals surface area contributed by atoms with E-state index in [1.54, 1.807) is 0 Å². The summed E-state index contributed by atoms with van der Waals surface area (Å²) < 4.78 is 0. The molecule has 2 aliphatic heterocycles. The number of carbonyl (C=O) groups excluding carboxylic acids is 1. The van der Waals surface area contributed by atoms with Crippen LogP contribution in [0.2, 0.25) is 0 Å². The van der Waals surface area contributed by atoms with Gasteiger partial charge in [-0.05, 0) is 55.7 Å². The molecule has 1 aliphatic carbocycles. The molecule has 0 spiro atoms. The number of rotatable bonds is 1. The fourth-order valence-electron chi connectivity index (χ4n) is 4.47. The highest BCUT2D eigenvalue weighted by atomic mass is 16.2. The summed E-state index contributed by atoms with van der Waals surface area (Å²) in [7, 11) is 0. The minimum Gasteiger partial charge on any atom is -0.384 e. The monoisotopic (exact) mass is 284 g/mol. The Balaban J connectivity index is 1.58. The maximum Gasteiger partial charge on any atom is 0.254 e. The molecule has 1 N–H and O–H groups in total. The molecule has 112 valence electrons. The van der Waals surface area contributed by atoms with Gasteiger partial charge in [-0.25, -0.2) is 0 Å². The van der Waals surface area contributed by atoms with E-state index in [0.29, 0.717) is 6.04 Å².